The van der Waals surface area contributed by atoms with Crippen LogP contribution in [0.5, 0.6) is 11.5 Å². The number of benzene rings is 2. The molecule has 0 saturated carbocycles. The highest BCUT2D eigenvalue weighted by atomic mass is 16.6. The SMILES string of the molecule is CC1CC(c2ccc3c(c2)OCCO3)c2ccccc2N1. The second kappa shape index (κ2) is 4.99. The summed E-state index contributed by atoms with van der Waals surface area (Å²) < 4.78 is 11.3. The number of fused-ring (bicyclic) bond motifs is 2. The summed E-state index contributed by atoms with van der Waals surface area (Å²) in [6, 6.07) is 15.4. The Bertz CT molecular complexity index is 668. The van der Waals surface area contributed by atoms with Crippen molar-refractivity contribution in [3.05, 3.63) is 53.6 Å². The lowest BCUT2D eigenvalue weighted by atomic mass is 9.82. The van der Waals surface area contributed by atoms with Gasteiger partial charge in [-0.05, 0) is 42.7 Å². The maximum absolute atomic E-state index is 5.73. The highest BCUT2D eigenvalue weighted by Gasteiger charge is 2.26. The van der Waals surface area contributed by atoms with Gasteiger partial charge in [0.05, 0.1) is 0 Å². The van der Waals surface area contributed by atoms with E-state index in [4.69, 9.17) is 9.47 Å². The van der Waals surface area contributed by atoms with Gasteiger partial charge in [-0.25, -0.2) is 0 Å². The number of hydrogen-bond acceptors (Lipinski definition) is 3. The van der Waals surface area contributed by atoms with Crippen molar-refractivity contribution in [1.82, 2.24) is 0 Å². The Morgan fingerprint density at radius 1 is 1.00 bits per heavy atom. The number of para-hydroxylation sites is 1. The highest BCUT2D eigenvalue weighted by Crippen LogP contribution is 2.41. The van der Waals surface area contributed by atoms with E-state index < -0.39 is 0 Å². The van der Waals surface area contributed by atoms with Crippen LogP contribution in [0.4, 0.5) is 5.69 Å². The zero-order valence-corrected chi connectivity index (χ0v) is 12.1. The van der Waals surface area contributed by atoms with Crippen LogP contribution in [0, 0.1) is 0 Å². The third-order valence-electron chi connectivity index (χ3n) is 4.30. The van der Waals surface area contributed by atoms with Crippen LogP contribution in [-0.2, 0) is 0 Å². The molecule has 21 heavy (non-hydrogen) atoms. The molecule has 0 fully saturated rings. The highest BCUT2D eigenvalue weighted by molar-refractivity contribution is 5.59. The van der Waals surface area contributed by atoms with Gasteiger partial charge in [-0.2, -0.15) is 0 Å². The smallest absolute Gasteiger partial charge is 0.161 e. The van der Waals surface area contributed by atoms with Crippen molar-refractivity contribution in [3.8, 4) is 11.5 Å². The molecule has 1 N–H and O–H groups in total. The second-order valence-electron chi connectivity index (χ2n) is 5.82. The van der Waals surface area contributed by atoms with E-state index in [9.17, 15) is 0 Å². The number of anilines is 1. The van der Waals surface area contributed by atoms with Gasteiger partial charge in [-0.3, -0.25) is 0 Å². The molecular formula is C18H19NO2. The van der Waals surface area contributed by atoms with Crippen molar-refractivity contribution in [1.29, 1.82) is 0 Å². The van der Waals surface area contributed by atoms with Crippen LogP contribution in [0.25, 0.3) is 0 Å². The third kappa shape index (κ3) is 2.23. The Hall–Kier alpha value is -2.16. The molecule has 2 unspecified atom stereocenters. The van der Waals surface area contributed by atoms with E-state index in [1.807, 2.05) is 6.07 Å². The largest absolute Gasteiger partial charge is 0.486 e. The second-order valence-corrected chi connectivity index (χ2v) is 5.82. The van der Waals surface area contributed by atoms with Crippen molar-refractivity contribution in [2.24, 2.45) is 0 Å². The maximum Gasteiger partial charge on any atom is 0.161 e. The van der Waals surface area contributed by atoms with E-state index in [2.05, 4.69) is 48.6 Å². The summed E-state index contributed by atoms with van der Waals surface area (Å²) in [6.45, 7) is 3.51. The van der Waals surface area contributed by atoms with Crippen LogP contribution in [0.1, 0.15) is 30.4 Å². The van der Waals surface area contributed by atoms with Crippen LogP contribution in [0.3, 0.4) is 0 Å². The van der Waals surface area contributed by atoms with E-state index in [1.165, 1.54) is 16.8 Å². The molecule has 2 aromatic carbocycles. The first-order chi connectivity index (χ1) is 10.3. The van der Waals surface area contributed by atoms with Crippen molar-refractivity contribution in [2.75, 3.05) is 18.5 Å². The topological polar surface area (TPSA) is 30.5 Å². The van der Waals surface area contributed by atoms with Gasteiger partial charge in [-0.15, -0.1) is 0 Å². The lowest BCUT2D eigenvalue weighted by Crippen LogP contribution is -2.26. The quantitative estimate of drug-likeness (QED) is 0.862. The first kappa shape index (κ1) is 12.6. The van der Waals surface area contributed by atoms with Crippen LogP contribution in [0.2, 0.25) is 0 Å². The van der Waals surface area contributed by atoms with Crippen LogP contribution in [-0.4, -0.2) is 19.3 Å². The molecule has 2 aliphatic heterocycles. The Balaban J connectivity index is 1.76. The number of nitrogens with one attached hydrogen (secondary N) is 1. The lowest BCUT2D eigenvalue weighted by molar-refractivity contribution is 0.171. The summed E-state index contributed by atoms with van der Waals surface area (Å²) in [5, 5.41) is 3.57. The maximum atomic E-state index is 5.73. The summed E-state index contributed by atoms with van der Waals surface area (Å²) in [4.78, 5) is 0. The summed E-state index contributed by atoms with van der Waals surface area (Å²) in [6.07, 6.45) is 1.09. The molecule has 2 atom stereocenters. The van der Waals surface area contributed by atoms with Crippen LogP contribution < -0.4 is 14.8 Å². The van der Waals surface area contributed by atoms with E-state index in [0.29, 0.717) is 25.2 Å². The molecule has 2 heterocycles. The fourth-order valence-corrected chi connectivity index (χ4v) is 3.33. The number of ether oxygens (including phenoxy) is 2. The minimum absolute atomic E-state index is 0.410. The molecule has 2 aliphatic rings. The van der Waals surface area contributed by atoms with Gasteiger partial charge in [0.25, 0.3) is 0 Å². The molecule has 0 radical (unpaired) electrons. The zero-order chi connectivity index (χ0) is 14.2. The third-order valence-corrected chi connectivity index (χ3v) is 4.30. The average Bonchev–Trinajstić information content (AvgIpc) is 2.53. The zero-order valence-electron chi connectivity index (χ0n) is 12.1. The normalized spacial score (nSPS) is 23.1. The molecule has 4 rings (SSSR count). The molecule has 2 aromatic rings. The first-order valence-electron chi connectivity index (χ1n) is 7.56. The fraction of sp³-hybridized carbons (Fsp3) is 0.333. The molecule has 0 spiro atoms. The lowest BCUT2D eigenvalue weighted by Gasteiger charge is -2.32. The monoisotopic (exact) mass is 281 g/mol. The van der Waals surface area contributed by atoms with Crippen LogP contribution in [0.15, 0.2) is 42.5 Å². The summed E-state index contributed by atoms with van der Waals surface area (Å²) >= 11 is 0. The Morgan fingerprint density at radius 2 is 1.81 bits per heavy atom. The number of hydrogen-bond donors (Lipinski definition) is 1. The summed E-state index contributed by atoms with van der Waals surface area (Å²) in [5.74, 6) is 2.15. The van der Waals surface area contributed by atoms with E-state index in [-0.39, 0.29) is 0 Å². The van der Waals surface area contributed by atoms with Gasteiger partial charge in [-0.1, -0.05) is 24.3 Å². The molecular weight excluding hydrogens is 262 g/mol. The molecule has 0 bridgehead atoms. The van der Waals surface area contributed by atoms with E-state index in [1.54, 1.807) is 0 Å². The van der Waals surface area contributed by atoms with Gasteiger partial charge in [0.2, 0.25) is 0 Å². The predicted octanol–water partition coefficient (Wildman–Crippen LogP) is 3.79. The van der Waals surface area contributed by atoms with Gasteiger partial charge >= 0.3 is 0 Å². The molecule has 0 amide bonds. The molecule has 0 aliphatic carbocycles. The first-order valence-corrected chi connectivity index (χ1v) is 7.56. The molecule has 3 heteroatoms. The van der Waals surface area contributed by atoms with Crippen LogP contribution >= 0.6 is 0 Å². The summed E-state index contributed by atoms with van der Waals surface area (Å²) in [5.41, 5.74) is 3.92. The molecule has 0 saturated heterocycles. The summed E-state index contributed by atoms with van der Waals surface area (Å²) in [7, 11) is 0. The molecule has 0 aromatic heterocycles. The van der Waals surface area contributed by atoms with Crippen molar-refractivity contribution in [2.45, 2.75) is 25.3 Å². The van der Waals surface area contributed by atoms with Crippen molar-refractivity contribution < 1.29 is 9.47 Å². The minimum atomic E-state index is 0.410. The Morgan fingerprint density at radius 3 is 2.71 bits per heavy atom. The van der Waals surface area contributed by atoms with Gasteiger partial charge in [0, 0.05) is 17.6 Å². The van der Waals surface area contributed by atoms with E-state index in [0.717, 1.165) is 17.9 Å². The van der Waals surface area contributed by atoms with Gasteiger partial charge < -0.3 is 14.8 Å². The standard InChI is InChI=1S/C18H19NO2/c1-12-10-15(14-4-2-3-5-16(14)19-12)13-6-7-17-18(11-13)21-9-8-20-17/h2-7,11-12,15,19H,8-10H2,1H3. The Kier molecular flexibility index (Phi) is 2.99. The van der Waals surface area contributed by atoms with Gasteiger partial charge in [0.15, 0.2) is 11.5 Å². The predicted molar refractivity (Wildman–Crippen MR) is 83.4 cm³/mol. The van der Waals surface area contributed by atoms with Gasteiger partial charge in [0.1, 0.15) is 13.2 Å². The number of rotatable bonds is 1. The van der Waals surface area contributed by atoms with Crippen molar-refractivity contribution >= 4 is 5.69 Å². The molecule has 108 valence electrons. The average molecular weight is 281 g/mol. The minimum Gasteiger partial charge on any atom is -0.486 e. The molecule has 3 nitrogen and oxygen atoms in total. The van der Waals surface area contributed by atoms with E-state index >= 15 is 0 Å². The van der Waals surface area contributed by atoms with Crippen molar-refractivity contribution in [3.63, 3.8) is 0 Å². The Labute approximate surface area is 124 Å². The fourth-order valence-electron chi connectivity index (χ4n) is 3.33.